The number of hydrogen-bond donors (Lipinski definition) is 0. The average Bonchev–Trinajstić information content (AvgIpc) is 1.00. The molecule has 0 N–H and O–H groups in total. The molecule has 0 unspecified atom stereocenters. The molecule has 16 valence electrons. The van der Waals surface area contributed by atoms with Crippen molar-refractivity contribution in [2.45, 2.75) is 0 Å². The van der Waals surface area contributed by atoms with Crippen molar-refractivity contribution >= 4 is 54.0 Å². The fourth-order valence-electron chi connectivity index (χ4n) is 0. The Morgan fingerprint density at radius 3 is 1.25 bits per heavy atom. The van der Waals surface area contributed by atoms with Gasteiger partial charge in [-0.15, -0.1) is 0 Å². The van der Waals surface area contributed by atoms with Crippen molar-refractivity contribution in [3.05, 3.63) is 0 Å². The molecule has 0 fully saturated rings. The van der Waals surface area contributed by atoms with Crippen molar-refractivity contribution in [1.29, 1.82) is 0 Å². The summed E-state index contributed by atoms with van der Waals surface area (Å²) >= 11 is 1.17. The first-order valence-electron chi connectivity index (χ1n) is 0.236. The summed E-state index contributed by atoms with van der Waals surface area (Å²) in [5.41, 5.74) is 0. The van der Waals surface area contributed by atoms with Crippen LogP contribution in [0.1, 0.15) is 0 Å². The molecule has 4 heteroatoms. The summed E-state index contributed by atoms with van der Waals surface area (Å²) in [4.78, 5) is 0. The molecule has 0 aliphatic rings. The Morgan fingerprint density at radius 1 is 1.25 bits per heavy atom. The standard InChI is InChI=1S/Al.Ca.2O/q+1;+2;;-2. The molecule has 2 nitrogen and oxygen atoms in total. The Hall–Kier alpha value is 1.55. The van der Waals surface area contributed by atoms with Crippen LogP contribution >= 0.6 is 0 Å². The molecular formula is AlCaO2+. The molecule has 0 rings (SSSR count). The zero-order chi connectivity index (χ0) is 2.00. The molecule has 0 heterocycles. The van der Waals surface area contributed by atoms with Gasteiger partial charge in [0.2, 0.25) is 0 Å². The Labute approximate surface area is 62.5 Å². The van der Waals surface area contributed by atoms with E-state index in [0.29, 0.717) is 0 Å². The van der Waals surface area contributed by atoms with Gasteiger partial charge in [0, 0.05) is 0 Å². The molecule has 0 saturated heterocycles. The van der Waals surface area contributed by atoms with Crippen molar-refractivity contribution in [2.75, 3.05) is 0 Å². The third-order valence-electron chi connectivity index (χ3n) is 0. The minimum atomic E-state index is 0. The second kappa shape index (κ2) is 23.8. The van der Waals surface area contributed by atoms with Crippen LogP contribution < -0.4 is 0 Å². The van der Waals surface area contributed by atoms with Crippen LogP contribution in [0.4, 0.5) is 0 Å². The number of hydrogen-bond acceptors (Lipinski definition) is 1. The zero-order valence-electron chi connectivity index (χ0n) is 2.10. The fourth-order valence-corrected chi connectivity index (χ4v) is 0. The van der Waals surface area contributed by atoms with Crippen LogP contribution in [0.25, 0.3) is 0 Å². The topological polar surface area (TPSA) is 45.6 Å². The first-order valence-corrected chi connectivity index (χ1v) is 0.707. The fraction of sp³-hybridized carbons (Fsp3) is 0. The van der Waals surface area contributed by atoms with E-state index in [1.54, 1.807) is 0 Å². The monoisotopic (exact) mass is 98.9 g/mol. The van der Waals surface area contributed by atoms with Crippen LogP contribution in [0, 0.1) is 0 Å². The Balaban J connectivity index is -0.00000000500. The van der Waals surface area contributed by atoms with Gasteiger partial charge < -0.3 is 5.48 Å². The van der Waals surface area contributed by atoms with Crippen LogP contribution in [-0.4, -0.2) is 54.0 Å². The second-order valence-corrected chi connectivity index (χ2v) is 0. The Kier molecular flexibility index (Phi) is 105. The van der Waals surface area contributed by atoms with Crippen LogP contribution in [0.15, 0.2) is 0 Å². The summed E-state index contributed by atoms with van der Waals surface area (Å²) in [6, 6.07) is 0. The summed E-state index contributed by atoms with van der Waals surface area (Å²) in [5.74, 6) is 0. The summed E-state index contributed by atoms with van der Waals surface area (Å²) in [7, 11) is 0. The molecule has 0 aromatic carbocycles. The van der Waals surface area contributed by atoms with E-state index in [1.165, 1.54) is 16.2 Å². The van der Waals surface area contributed by atoms with Crippen LogP contribution in [0.5, 0.6) is 0 Å². The van der Waals surface area contributed by atoms with Gasteiger partial charge in [-0.1, -0.05) is 0 Å². The van der Waals surface area contributed by atoms with Gasteiger partial charge in [0.1, 0.15) is 0 Å². The molecule has 0 aromatic rings. The molecule has 0 spiro atoms. The molecule has 0 amide bonds. The number of rotatable bonds is 0. The van der Waals surface area contributed by atoms with Crippen molar-refractivity contribution in [3.8, 4) is 0 Å². The van der Waals surface area contributed by atoms with Crippen molar-refractivity contribution in [3.63, 3.8) is 0 Å². The van der Waals surface area contributed by atoms with E-state index in [0.717, 1.165) is 0 Å². The maximum absolute atomic E-state index is 8.17. The summed E-state index contributed by atoms with van der Waals surface area (Å²) in [6.45, 7) is 0. The van der Waals surface area contributed by atoms with Crippen molar-refractivity contribution < 1.29 is 9.28 Å². The van der Waals surface area contributed by atoms with Crippen LogP contribution in [-0.2, 0) is 9.28 Å². The van der Waals surface area contributed by atoms with Gasteiger partial charge in [-0.05, 0) is 0 Å². The van der Waals surface area contributed by atoms with Gasteiger partial charge in [-0.3, -0.25) is 0 Å². The Bertz CT molecular complexity index is 6.00. The predicted octanol–water partition coefficient (Wildman–Crippen LogP) is -0.999. The zero-order valence-corrected chi connectivity index (χ0v) is 5.46. The molecule has 0 atom stereocenters. The van der Waals surface area contributed by atoms with Gasteiger partial charge >= 0.3 is 57.8 Å². The van der Waals surface area contributed by atoms with Gasteiger partial charge in [-0.2, -0.15) is 0 Å². The maximum atomic E-state index is 8.17. The average molecular weight is 99.1 g/mol. The molecule has 0 saturated carbocycles. The van der Waals surface area contributed by atoms with Crippen LogP contribution in [0.3, 0.4) is 0 Å². The third-order valence-corrected chi connectivity index (χ3v) is 0. The van der Waals surface area contributed by atoms with Crippen molar-refractivity contribution in [1.82, 2.24) is 0 Å². The summed E-state index contributed by atoms with van der Waals surface area (Å²) < 4.78 is 8.17. The predicted molar refractivity (Wildman–Crippen MR) is 12.9 cm³/mol. The van der Waals surface area contributed by atoms with E-state index < -0.39 is 0 Å². The van der Waals surface area contributed by atoms with Crippen LogP contribution in [0.2, 0.25) is 0 Å². The van der Waals surface area contributed by atoms with Crippen molar-refractivity contribution in [2.24, 2.45) is 0 Å². The van der Waals surface area contributed by atoms with E-state index in [4.69, 9.17) is 3.80 Å². The Morgan fingerprint density at radius 2 is 1.25 bits per heavy atom. The van der Waals surface area contributed by atoms with Gasteiger partial charge in [0.25, 0.3) is 0 Å². The molecule has 0 aliphatic carbocycles. The second-order valence-electron chi connectivity index (χ2n) is 0. The minimum absolute atomic E-state index is 0. The van der Waals surface area contributed by atoms with E-state index in [9.17, 15) is 0 Å². The van der Waals surface area contributed by atoms with E-state index in [1.807, 2.05) is 0 Å². The SMILES string of the molecule is [Ca+2].[O-2].[O]=[Al+]. The van der Waals surface area contributed by atoms with Gasteiger partial charge in [-0.25, -0.2) is 0 Å². The molecular weight excluding hydrogens is 99.1 g/mol. The van der Waals surface area contributed by atoms with E-state index in [2.05, 4.69) is 0 Å². The van der Waals surface area contributed by atoms with E-state index >= 15 is 0 Å². The van der Waals surface area contributed by atoms with E-state index in [-0.39, 0.29) is 43.2 Å². The normalized spacial score (nSPS) is 1.50. The first kappa shape index (κ1) is 17.7. The molecule has 0 bridgehead atoms. The summed E-state index contributed by atoms with van der Waals surface area (Å²) in [6.07, 6.45) is 0. The molecule has 0 aromatic heterocycles. The molecule has 0 aliphatic heterocycles. The van der Waals surface area contributed by atoms with Gasteiger partial charge in [0.15, 0.2) is 0 Å². The quantitative estimate of drug-likeness (QED) is 0.359. The third kappa shape index (κ3) is 9.60. The van der Waals surface area contributed by atoms with Gasteiger partial charge in [0.05, 0.1) is 0 Å². The molecule has 0 radical (unpaired) electrons. The summed E-state index contributed by atoms with van der Waals surface area (Å²) in [5, 5.41) is 0. The first-order chi connectivity index (χ1) is 1.00. The molecule has 4 heavy (non-hydrogen) atoms.